The van der Waals surface area contributed by atoms with Crippen molar-refractivity contribution in [3.63, 3.8) is 0 Å². The van der Waals surface area contributed by atoms with Crippen LogP contribution in [0.2, 0.25) is 5.02 Å². The summed E-state index contributed by atoms with van der Waals surface area (Å²) in [6.07, 6.45) is 0. The van der Waals surface area contributed by atoms with Gasteiger partial charge in [-0.05, 0) is 41.9 Å². The van der Waals surface area contributed by atoms with Crippen LogP contribution in [0.3, 0.4) is 0 Å². The van der Waals surface area contributed by atoms with Crippen LogP contribution < -0.4 is 0 Å². The van der Waals surface area contributed by atoms with Gasteiger partial charge in [0.1, 0.15) is 11.5 Å². The largest absolute Gasteiger partial charge is 0.466 e. The molecule has 0 unspecified atom stereocenters. The van der Waals surface area contributed by atoms with E-state index in [1.165, 1.54) is 11.3 Å². The molecular formula is C11H8BrClO2S. The monoisotopic (exact) mass is 318 g/mol. The zero-order valence-corrected chi connectivity index (χ0v) is 11.8. The van der Waals surface area contributed by atoms with Gasteiger partial charge in [-0.15, -0.1) is 11.3 Å². The number of hydrogen-bond donors (Lipinski definition) is 0. The molecule has 0 aliphatic heterocycles. The minimum absolute atomic E-state index is 0.0491. The fourth-order valence-corrected chi connectivity index (χ4v) is 3.10. The maximum Gasteiger partial charge on any atom is 0.206 e. The Hall–Kier alpha value is -0.580. The van der Waals surface area contributed by atoms with Crippen molar-refractivity contribution in [3.8, 4) is 0 Å². The molecular weight excluding hydrogens is 312 g/mol. The molecule has 2 aromatic rings. The second-order valence-electron chi connectivity index (χ2n) is 3.39. The van der Waals surface area contributed by atoms with E-state index < -0.39 is 0 Å². The number of hydrogen-bond acceptors (Lipinski definition) is 3. The second kappa shape index (κ2) is 4.35. The predicted octanol–water partition coefficient (Wildman–Crippen LogP) is 4.60. The molecule has 0 radical (unpaired) electrons. The summed E-state index contributed by atoms with van der Waals surface area (Å²) in [6.45, 7) is 3.60. The molecule has 0 atom stereocenters. The SMILES string of the molecule is Cc1cc(C(=O)c2cc(Cl)c(Br)s2)c(C)o1. The zero-order chi connectivity index (χ0) is 11.9. The number of carbonyl (C=O) groups is 1. The summed E-state index contributed by atoms with van der Waals surface area (Å²) in [6, 6.07) is 3.42. The molecule has 0 saturated heterocycles. The first-order valence-electron chi connectivity index (χ1n) is 4.55. The van der Waals surface area contributed by atoms with E-state index in [0.29, 0.717) is 21.2 Å². The molecule has 0 aliphatic carbocycles. The standard InChI is InChI=1S/C11H8BrClO2S/c1-5-3-7(6(2)15-5)10(14)9-4-8(13)11(12)16-9/h3-4H,1-2H3. The highest BCUT2D eigenvalue weighted by Gasteiger charge is 2.18. The normalized spacial score (nSPS) is 10.8. The maximum atomic E-state index is 12.1. The van der Waals surface area contributed by atoms with E-state index in [-0.39, 0.29) is 5.78 Å². The zero-order valence-electron chi connectivity index (χ0n) is 8.64. The highest BCUT2D eigenvalue weighted by Crippen LogP contribution is 2.33. The number of ketones is 1. The fraction of sp³-hybridized carbons (Fsp3) is 0.182. The van der Waals surface area contributed by atoms with Gasteiger partial charge in [0.05, 0.1) is 19.2 Å². The first kappa shape index (κ1) is 11.9. The molecule has 0 spiro atoms. The molecule has 2 heterocycles. The topological polar surface area (TPSA) is 30.2 Å². The lowest BCUT2D eigenvalue weighted by molar-refractivity contribution is 0.104. The van der Waals surface area contributed by atoms with Crippen LogP contribution in [0, 0.1) is 13.8 Å². The Morgan fingerprint density at radius 3 is 2.56 bits per heavy atom. The van der Waals surface area contributed by atoms with Crippen LogP contribution in [0.4, 0.5) is 0 Å². The lowest BCUT2D eigenvalue weighted by Gasteiger charge is -1.93. The van der Waals surface area contributed by atoms with Crippen molar-refractivity contribution in [2.75, 3.05) is 0 Å². The van der Waals surface area contributed by atoms with Gasteiger partial charge < -0.3 is 4.42 Å². The van der Waals surface area contributed by atoms with Crippen molar-refractivity contribution in [1.29, 1.82) is 0 Å². The van der Waals surface area contributed by atoms with E-state index in [2.05, 4.69) is 15.9 Å². The van der Waals surface area contributed by atoms with Crippen LogP contribution in [-0.2, 0) is 0 Å². The molecule has 0 aliphatic rings. The molecule has 0 fully saturated rings. The van der Waals surface area contributed by atoms with Crippen LogP contribution in [0.5, 0.6) is 0 Å². The Kier molecular flexibility index (Phi) is 3.24. The average molecular weight is 320 g/mol. The number of aryl methyl sites for hydroxylation is 2. The van der Waals surface area contributed by atoms with Gasteiger partial charge in [-0.3, -0.25) is 4.79 Å². The van der Waals surface area contributed by atoms with E-state index >= 15 is 0 Å². The summed E-state index contributed by atoms with van der Waals surface area (Å²) in [5, 5.41) is 0.561. The summed E-state index contributed by atoms with van der Waals surface area (Å²) in [5.74, 6) is 1.33. The van der Waals surface area contributed by atoms with Crippen LogP contribution in [0.1, 0.15) is 26.8 Å². The minimum atomic E-state index is -0.0491. The van der Waals surface area contributed by atoms with Gasteiger partial charge in [-0.1, -0.05) is 11.6 Å². The maximum absolute atomic E-state index is 12.1. The van der Waals surface area contributed by atoms with E-state index in [0.717, 1.165) is 9.55 Å². The summed E-state index contributed by atoms with van der Waals surface area (Å²) < 4.78 is 6.11. The van der Waals surface area contributed by atoms with Gasteiger partial charge in [-0.2, -0.15) is 0 Å². The number of rotatable bonds is 2. The quantitative estimate of drug-likeness (QED) is 0.757. The van der Waals surface area contributed by atoms with Gasteiger partial charge in [-0.25, -0.2) is 0 Å². The lowest BCUT2D eigenvalue weighted by Crippen LogP contribution is -1.98. The van der Waals surface area contributed by atoms with E-state index in [9.17, 15) is 4.79 Å². The minimum Gasteiger partial charge on any atom is -0.466 e. The molecule has 0 bridgehead atoms. The van der Waals surface area contributed by atoms with E-state index in [4.69, 9.17) is 16.0 Å². The van der Waals surface area contributed by atoms with Gasteiger partial charge in [0.15, 0.2) is 0 Å². The lowest BCUT2D eigenvalue weighted by atomic mass is 10.1. The van der Waals surface area contributed by atoms with Crippen molar-refractivity contribution in [2.45, 2.75) is 13.8 Å². The molecule has 2 rings (SSSR count). The smallest absolute Gasteiger partial charge is 0.206 e. The Balaban J connectivity index is 2.42. The summed E-state index contributed by atoms with van der Waals surface area (Å²) in [4.78, 5) is 12.7. The third kappa shape index (κ3) is 2.10. The third-order valence-electron chi connectivity index (χ3n) is 2.15. The van der Waals surface area contributed by atoms with Crippen molar-refractivity contribution >= 4 is 44.7 Å². The average Bonchev–Trinajstić information content (AvgIpc) is 2.70. The van der Waals surface area contributed by atoms with Crippen molar-refractivity contribution in [2.24, 2.45) is 0 Å². The van der Waals surface area contributed by atoms with Gasteiger partial charge in [0.2, 0.25) is 5.78 Å². The number of halogens is 2. The van der Waals surface area contributed by atoms with Gasteiger partial charge in [0.25, 0.3) is 0 Å². The molecule has 2 aromatic heterocycles. The summed E-state index contributed by atoms with van der Waals surface area (Å²) in [5.41, 5.74) is 0.600. The van der Waals surface area contributed by atoms with Gasteiger partial charge in [0, 0.05) is 0 Å². The molecule has 16 heavy (non-hydrogen) atoms. The van der Waals surface area contributed by atoms with Crippen molar-refractivity contribution < 1.29 is 9.21 Å². The molecule has 2 nitrogen and oxygen atoms in total. The predicted molar refractivity (Wildman–Crippen MR) is 68.6 cm³/mol. The Bertz CT molecular complexity index is 537. The Morgan fingerprint density at radius 2 is 2.12 bits per heavy atom. The second-order valence-corrected chi connectivity index (χ2v) is 6.17. The highest BCUT2D eigenvalue weighted by molar-refractivity contribution is 9.11. The van der Waals surface area contributed by atoms with Crippen molar-refractivity contribution in [3.05, 3.63) is 42.9 Å². The summed E-state index contributed by atoms with van der Waals surface area (Å²) in [7, 11) is 0. The number of thiophene rings is 1. The molecule has 0 amide bonds. The van der Waals surface area contributed by atoms with Crippen LogP contribution in [0.15, 0.2) is 20.3 Å². The number of furan rings is 1. The number of carbonyl (C=O) groups excluding carboxylic acids is 1. The van der Waals surface area contributed by atoms with Crippen LogP contribution in [0.25, 0.3) is 0 Å². The third-order valence-corrected chi connectivity index (χ3v) is 4.63. The van der Waals surface area contributed by atoms with E-state index in [1.807, 2.05) is 6.92 Å². The highest BCUT2D eigenvalue weighted by atomic mass is 79.9. The molecule has 84 valence electrons. The first-order chi connectivity index (χ1) is 7.49. The van der Waals surface area contributed by atoms with Crippen LogP contribution in [-0.4, -0.2) is 5.78 Å². The Morgan fingerprint density at radius 1 is 1.44 bits per heavy atom. The molecule has 0 saturated carbocycles. The Labute approximate surface area is 110 Å². The van der Waals surface area contributed by atoms with Crippen LogP contribution >= 0.6 is 38.9 Å². The molecule has 5 heteroatoms. The summed E-state index contributed by atoms with van der Waals surface area (Å²) >= 11 is 10.5. The first-order valence-corrected chi connectivity index (χ1v) is 6.54. The van der Waals surface area contributed by atoms with Gasteiger partial charge >= 0.3 is 0 Å². The van der Waals surface area contributed by atoms with E-state index in [1.54, 1.807) is 19.1 Å². The molecule has 0 aromatic carbocycles. The molecule has 0 N–H and O–H groups in total. The fourth-order valence-electron chi connectivity index (χ4n) is 1.45. The van der Waals surface area contributed by atoms with Crippen molar-refractivity contribution in [1.82, 2.24) is 0 Å².